The molecule has 1 aliphatic rings. The molecule has 6 heteroatoms. The van der Waals surface area contributed by atoms with Crippen LogP contribution in [-0.4, -0.2) is 29.1 Å². The van der Waals surface area contributed by atoms with Crippen molar-refractivity contribution in [2.24, 2.45) is 11.8 Å². The molecule has 0 bridgehead atoms. The number of amides is 1. The van der Waals surface area contributed by atoms with Crippen LogP contribution in [0.15, 0.2) is 24.3 Å². The van der Waals surface area contributed by atoms with E-state index >= 15 is 0 Å². The second kappa shape index (κ2) is 7.95. The summed E-state index contributed by atoms with van der Waals surface area (Å²) in [5.74, 6) is -2.75. The number of ether oxygens (including phenoxy) is 1. The number of carbonyl (C=O) groups is 3. The number of anilines is 1. The molecule has 1 amide bonds. The molecule has 2 rings (SSSR count). The number of carboxylic acids is 1. The summed E-state index contributed by atoms with van der Waals surface area (Å²) < 4.78 is 5.10. The molecule has 130 valence electrons. The minimum absolute atomic E-state index is 0.198. The normalized spacial score (nSPS) is 20.5. The number of esters is 1. The molecule has 24 heavy (non-hydrogen) atoms. The van der Waals surface area contributed by atoms with Crippen molar-refractivity contribution in [3.8, 4) is 0 Å². The molecule has 0 heterocycles. The number of nitrogens with one attached hydrogen (secondary N) is 1. The van der Waals surface area contributed by atoms with Crippen LogP contribution in [0.5, 0.6) is 0 Å². The average Bonchev–Trinajstić information content (AvgIpc) is 2.54. The summed E-state index contributed by atoms with van der Waals surface area (Å²) in [5, 5.41) is 12.0. The fourth-order valence-electron chi connectivity index (χ4n) is 2.95. The van der Waals surface area contributed by atoms with Crippen molar-refractivity contribution < 1.29 is 24.2 Å². The lowest BCUT2D eigenvalue weighted by Crippen LogP contribution is -2.36. The van der Waals surface area contributed by atoms with Gasteiger partial charge in [-0.2, -0.15) is 0 Å². The fourth-order valence-corrected chi connectivity index (χ4v) is 2.95. The Morgan fingerprint density at radius 3 is 2.21 bits per heavy atom. The van der Waals surface area contributed by atoms with Crippen LogP contribution in [-0.2, 0) is 14.3 Å². The molecule has 2 atom stereocenters. The number of carboxylic acid groups (broad SMARTS) is 1. The Kier molecular flexibility index (Phi) is 5.95. The Hall–Kier alpha value is -2.37. The first-order chi connectivity index (χ1) is 11.4. The summed E-state index contributed by atoms with van der Waals surface area (Å²) in [6, 6.07) is 6.40. The van der Waals surface area contributed by atoms with Crippen LogP contribution < -0.4 is 5.32 Å². The maximum Gasteiger partial charge on any atom is 0.338 e. The van der Waals surface area contributed by atoms with E-state index in [0.29, 0.717) is 24.1 Å². The lowest BCUT2D eigenvalue weighted by molar-refractivity contribution is -0.147. The first-order valence-corrected chi connectivity index (χ1v) is 8.23. The molecule has 0 saturated heterocycles. The van der Waals surface area contributed by atoms with E-state index in [1.54, 1.807) is 38.1 Å². The SMILES string of the molecule is CC(C)OC(=O)c1ccc(NC(=O)[C@@H]2CCCC[C@H]2C(=O)O)cc1. The summed E-state index contributed by atoms with van der Waals surface area (Å²) in [6.45, 7) is 3.55. The zero-order valence-corrected chi connectivity index (χ0v) is 14.0. The Balaban J connectivity index is 2.01. The second-order valence-electron chi connectivity index (χ2n) is 6.36. The van der Waals surface area contributed by atoms with E-state index in [-0.39, 0.29) is 12.0 Å². The highest BCUT2D eigenvalue weighted by atomic mass is 16.5. The Morgan fingerprint density at radius 1 is 1.08 bits per heavy atom. The van der Waals surface area contributed by atoms with E-state index in [1.165, 1.54) is 0 Å². The predicted octanol–water partition coefficient (Wildman–Crippen LogP) is 3.08. The van der Waals surface area contributed by atoms with Crippen LogP contribution in [0.3, 0.4) is 0 Å². The standard InChI is InChI=1S/C18H23NO5/c1-11(2)24-18(23)12-7-9-13(10-8-12)19-16(20)14-5-3-4-6-15(14)17(21)22/h7-11,14-15H,3-6H2,1-2H3,(H,19,20)(H,21,22)/t14-,15-/m1/s1. The number of benzene rings is 1. The summed E-state index contributed by atoms with van der Waals surface area (Å²) in [4.78, 5) is 35.5. The Morgan fingerprint density at radius 2 is 1.67 bits per heavy atom. The van der Waals surface area contributed by atoms with Crippen molar-refractivity contribution in [2.45, 2.75) is 45.6 Å². The molecule has 0 radical (unpaired) electrons. The second-order valence-corrected chi connectivity index (χ2v) is 6.36. The topological polar surface area (TPSA) is 92.7 Å². The lowest BCUT2D eigenvalue weighted by atomic mass is 9.78. The first-order valence-electron chi connectivity index (χ1n) is 8.23. The van der Waals surface area contributed by atoms with E-state index in [1.807, 2.05) is 0 Å². The molecule has 0 aliphatic heterocycles. The van der Waals surface area contributed by atoms with Gasteiger partial charge in [0, 0.05) is 5.69 Å². The average molecular weight is 333 g/mol. The molecule has 0 unspecified atom stereocenters. The highest BCUT2D eigenvalue weighted by Crippen LogP contribution is 2.31. The third kappa shape index (κ3) is 4.57. The van der Waals surface area contributed by atoms with Gasteiger partial charge in [0.25, 0.3) is 0 Å². The molecular formula is C18H23NO5. The maximum atomic E-state index is 12.4. The molecule has 1 saturated carbocycles. The van der Waals surface area contributed by atoms with Crippen LogP contribution >= 0.6 is 0 Å². The third-order valence-electron chi connectivity index (χ3n) is 4.15. The number of hydrogen-bond donors (Lipinski definition) is 2. The highest BCUT2D eigenvalue weighted by molar-refractivity contribution is 5.96. The van der Waals surface area contributed by atoms with Crippen LogP contribution in [0.4, 0.5) is 5.69 Å². The van der Waals surface area contributed by atoms with E-state index in [9.17, 15) is 19.5 Å². The van der Waals surface area contributed by atoms with Crippen LogP contribution in [0.2, 0.25) is 0 Å². The van der Waals surface area contributed by atoms with Crippen LogP contribution in [0.25, 0.3) is 0 Å². The monoisotopic (exact) mass is 333 g/mol. The maximum absolute atomic E-state index is 12.4. The van der Waals surface area contributed by atoms with Gasteiger partial charge >= 0.3 is 11.9 Å². The van der Waals surface area contributed by atoms with Crippen molar-refractivity contribution in [1.82, 2.24) is 0 Å². The van der Waals surface area contributed by atoms with Crippen molar-refractivity contribution in [3.63, 3.8) is 0 Å². The van der Waals surface area contributed by atoms with Gasteiger partial charge in [0.05, 0.1) is 23.5 Å². The smallest absolute Gasteiger partial charge is 0.338 e. The van der Waals surface area contributed by atoms with Crippen LogP contribution in [0, 0.1) is 11.8 Å². The van der Waals surface area contributed by atoms with E-state index in [2.05, 4.69) is 5.32 Å². The van der Waals surface area contributed by atoms with Gasteiger partial charge in [-0.25, -0.2) is 4.79 Å². The highest BCUT2D eigenvalue weighted by Gasteiger charge is 2.35. The third-order valence-corrected chi connectivity index (χ3v) is 4.15. The summed E-state index contributed by atoms with van der Waals surface area (Å²) >= 11 is 0. The van der Waals surface area contributed by atoms with Crippen molar-refractivity contribution in [3.05, 3.63) is 29.8 Å². The van der Waals surface area contributed by atoms with Crippen molar-refractivity contribution in [1.29, 1.82) is 0 Å². The number of aliphatic carboxylic acids is 1. The van der Waals surface area contributed by atoms with E-state index < -0.39 is 23.8 Å². The van der Waals surface area contributed by atoms with Gasteiger partial charge in [-0.05, 0) is 51.0 Å². The molecular weight excluding hydrogens is 310 g/mol. The van der Waals surface area contributed by atoms with Crippen molar-refractivity contribution >= 4 is 23.5 Å². The largest absolute Gasteiger partial charge is 0.481 e. The number of hydrogen-bond acceptors (Lipinski definition) is 4. The number of carbonyl (C=O) groups excluding carboxylic acids is 2. The minimum Gasteiger partial charge on any atom is -0.481 e. The minimum atomic E-state index is -0.915. The molecule has 0 aromatic heterocycles. The summed E-state index contributed by atoms with van der Waals surface area (Å²) in [7, 11) is 0. The lowest BCUT2D eigenvalue weighted by Gasteiger charge is -2.27. The molecule has 0 spiro atoms. The number of rotatable bonds is 5. The quantitative estimate of drug-likeness (QED) is 0.808. The van der Waals surface area contributed by atoms with E-state index in [4.69, 9.17) is 4.74 Å². The van der Waals surface area contributed by atoms with Gasteiger partial charge < -0.3 is 15.2 Å². The molecule has 1 aromatic carbocycles. The zero-order valence-electron chi connectivity index (χ0n) is 14.0. The zero-order chi connectivity index (χ0) is 17.7. The van der Waals surface area contributed by atoms with Gasteiger partial charge in [0.1, 0.15) is 0 Å². The molecule has 6 nitrogen and oxygen atoms in total. The summed E-state index contributed by atoms with van der Waals surface area (Å²) in [5.41, 5.74) is 0.943. The van der Waals surface area contributed by atoms with E-state index in [0.717, 1.165) is 12.8 Å². The summed E-state index contributed by atoms with van der Waals surface area (Å²) in [6.07, 6.45) is 2.63. The first kappa shape index (κ1) is 18.0. The molecule has 1 aliphatic carbocycles. The van der Waals surface area contributed by atoms with Gasteiger partial charge in [0.2, 0.25) is 5.91 Å². The molecule has 1 fully saturated rings. The van der Waals surface area contributed by atoms with Gasteiger partial charge in [0.15, 0.2) is 0 Å². The van der Waals surface area contributed by atoms with Crippen molar-refractivity contribution in [2.75, 3.05) is 5.32 Å². The van der Waals surface area contributed by atoms with Gasteiger partial charge in [-0.3, -0.25) is 9.59 Å². The van der Waals surface area contributed by atoms with Crippen LogP contribution in [0.1, 0.15) is 49.9 Å². The van der Waals surface area contributed by atoms with Gasteiger partial charge in [-0.1, -0.05) is 12.8 Å². The fraction of sp³-hybridized carbons (Fsp3) is 0.500. The molecule has 2 N–H and O–H groups in total. The Labute approximate surface area is 141 Å². The Bertz CT molecular complexity index is 608. The predicted molar refractivity (Wildman–Crippen MR) is 88.7 cm³/mol. The van der Waals surface area contributed by atoms with Gasteiger partial charge in [-0.15, -0.1) is 0 Å². The molecule has 1 aromatic rings.